The number of rotatable bonds is 3. The van der Waals surface area contributed by atoms with Gasteiger partial charge in [-0.1, -0.05) is 32.9 Å². The smallest absolute Gasteiger partial charge is 0.0897 e. The van der Waals surface area contributed by atoms with E-state index >= 15 is 0 Å². The zero-order valence-corrected chi connectivity index (χ0v) is 12.3. The van der Waals surface area contributed by atoms with Crippen molar-refractivity contribution >= 4 is 17.0 Å². The van der Waals surface area contributed by atoms with Crippen molar-refractivity contribution in [2.75, 3.05) is 5.32 Å². The molecule has 0 aliphatic carbocycles. The molecule has 0 saturated carbocycles. The van der Waals surface area contributed by atoms with Crippen LogP contribution in [0.5, 0.6) is 0 Å². The highest BCUT2D eigenvalue weighted by Crippen LogP contribution is 2.23. The fourth-order valence-corrected chi connectivity index (χ4v) is 2.50. The van der Waals surface area contributed by atoms with E-state index in [1.54, 1.807) is 11.3 Å². The lowest BCUT2D eigenvalue weighted by atomic mass is 9.87. The molecule has 3 heteroatoms. The van der Waals surface area contributed by atoms with Crippen LogP contribution in [-0.4, -0.2) is 4.98 Å². The maximum atomic E-state index is 4.25. The standard InChI is InChI=1S/C15H20N2S/c1-11-16-9-14(18-11)10-17-13-7-5-12(6-8-13)15(2,3)4/h5-9,17H,10H2,1-4H3. The van der Waals surface area contributed by atoms with Crippen LogP contribution in [0.4, 0.5) is 5.69 Å². The molecule has 96 valence electrons. The average Bonchev–Trinajstić information content (AvgIpc) is 2.72. The molecule has 1 aromatic carbocycles. The van der Waals surface area contributed by atoms with E-state index in [2.05, 4.69) is 55.3 Å². The van der Waals surface area contributed by atoms with E-state index in [9.17, 15) is 0 Å². The van der Waals surface area contributed by atoms with Crippen LogP contribution in [0.3, 0.4) is 0 Å². The van der Waals surface area contributed by atoms with Crippen LogP contribution in [0.25, 0.3) is 0 Å². The highest BCUT2D eigenvalue weighted by molar-refractivity contribution is 7.11. The summed E-state index contributed by atoms with van der Waals surface area (Å²) in [6.45, 7) is 9.58. The van der Waals surface area contributed by atoms with Crippen LogP contribution < -0.4 is 5.32 Å². The molecule has 0 unspecified atom stereocenters. The molecule has 2 nitrogen and oxygen atoms in total. The molecular weight excluding hydrogens is 240 g/mol. The summed E-state index contributed by atoms with van der Waals surface area (Å²) in [6, 6.07) is 8.68. The third-order valence-electron chi connectivity index (χ3n) is 2.89. The molecule has 18 heavy (non-hydrogen) atoms. The Morgan fingerprint density at radius 1 is 1.17 bits per heavy atom. The van der Waals surface area contributed by atoms with Gasteiger partial charge in [0, 0.05) is 16.8 Å². The predicted octanol–water partition coefficient (Wildman–Crippen LogP) is 4.36. The Hall–Kier alpha value is -1.35. The molecule has 0 amide bonds. The molecule has 0 atom stereocenters. The molecule has 0 radical (unpaired) electrons. The summed E-state index contributed by atoms with van der Waals surface area (Å²) in [4.78, 5) is 5.52. The number of nitrogens with one attached hydrogen (secondary N) is 1. The van der Waals surface area contributed by atoms with E-state index in [1.165, 1.54) is 10.4 Å². The van der Waals surface area contributed by atoms with Crippen molar-refractivity contribution in [1.82, 2.24) is 4.98 Å². The van der Waals surface area contributed by atoms with Gasteiger partial charge in [-0.25, -0.2) is 4.98 Å². The second kappa shape index (κ2) is 5.11. The second-order valence-corrected chi connectivity index (χ2v) is 6.85. The number of benzene rings is 1. The van der Waals surface area contributed by atoms with E-state index in [4.69, 9.17) is 0 Å². The number of aryl methyl sites for hydroxylation is 1. The molecule has 0 fully saturated rings. The average molecular weight is 260 g/mol. The molecule has 0 spiro atoms. The van der Waals surface area contributed by atoms with Crippen LogP contribution in [0.15, 0.2) is 30.5 Å². The van der Waals surface area contributed by atoms with E-state index in [-0.39, 0.29) is 5.41 Å². The largest absolute Gasteiger partial charge is 0.380 e. The minimum absolute atomic E-state index is 0.216. The molecule has 0 saturated heterocycles. The molecule has 0 aliphatic heterocycles. The van der Waals surface area contributed by atoms with E-state index in [0.717, 1.165) is 17.2 Å². The first-order valence-electron chi connectivity index (χ1n) is 6.21. The van der Waals surface area contributed by atoms with Crippen LogP contribution in [0.1, 0.15) is 36.2 Å². The summed E-state index contributed by atoms with van der Waals surface area (Å²) in [5.41, 5.74) is 2.74. The lowest BCUT2D eigenvalue weighted by Crippen LogP contribution is -2.10. The lowest BCUT2D eigenvalue weighted by molar-refractivity contribution is 0.590. The SMILES string of the molecule is Cc1ncc(CNc2ccc(C(C)(C)C)cc2)s1. The number of anilines is 1. The number of aromatic nitrogens is 1. The third kappa shape index (κ3) is 3.33. The summed E-state index contributed by atoms with van der Waals surface area (Å²) in [5, 5.41) is 4.54. The molecule has 0 aliphatic rings. The van der Waals surface area contributed by atoms with Gasteiger partial charge in [-0.3, -0.25) is 0 Å². The van der Waals surface area contributed by atoms with Gasteiger partial charge in [-0.2, -0.15) is 0 Å². The van der Waals surface area contributed by atoms with Gasteiger partial charge < -0.3 is 5.32 Å². The van der Waals surface area contributed by atoms with Gasteiger partial charge in [-0.15, -0.1) is 11.3 Å². The maximum Gasteiger partial charge on any atom is 0.0897 e. The van der Waals surface area contributed by atoms with Gasteiger partial charge in [0.2, 0.25) is 0 Å². The molecule has 0 bridgehead atoms. The van der Waals surface area contributed by atoms with Gasteiger partial charge in [0.25, 0.3) is 0 Å². The van der Waals surface area contributed by atoms with Gasteiger partial charge in [0.1, 0.15) is 0 Å². The van der Waals surface area contributed by atoms with Crippen molar-refractivity contribution in [2.45, 2.75) is 39.7 Å². The Morgan fingerprint density at radius 2 is 1.83 bits per heavy atom. The summed E-state index contributed by atoms with van der Waals surface area (Å²) >= 11 is 1.74. The van der Waals surface area contributed by atoms with Crippen LogP contribution in [0.2, 0.25) is 0 Å². The molecule has 1 aromatic heterocycles. The summed E-state index contributed by atoms with van der Waals surface area (Å²) in [6.07, 6.45) is 1.94. The van der Waals surface area contributed by atoms with E-state index in [1.807, 2.05) is 13.1 Å². The summed E-state index contributed by atoms with van der Waals surface area (Å²) in [5.74, 6) is 0. The van der Waals surface area contributed by atoms with Crippen molar-refractivity contribution < 1.29 is 0 Å². The molecule has 1 N–H and O–H groups in total. The van der Waals surface area contributed by atoms with Crippen molar-refractivity contribution in [3.8, 4) is 0 Å². The van der Waals surface area contributed by atoms with E-state index < -0.39 is 0 Å². The van der Waals surface area contributed by atoms with Crippen LogP contribution in [0, 0.1) is 6.92 Å². The molecule has 2 aromatic rings. The normalized spacial score (nSPS) is 11.6. The first-order valence-corrected chi connectivity index (χ1v) is 7.02. The fourth-order valence-electron chi connectivity index (χ4n) is 1.76. The van der Waals surface area contributed by atoms with Crippen molar-refractivity contribution in [2.24, 2.45) is 0 Å². The van der Waals surface area contributed by atoms with E-state index in [0.29, 0.717) is 0 Å². The van der Waals surface area contributed by atoms with Gasteiger partial charge in [-0.05, 0) is 30.0 Å². The van der Waals surface area contributed by atoms with Crippen molar-refractivity contribution in [3.63, 3.8) is 0 Å². The fraction of sp³-hybridized carbons (Fsp3) is 0.400. The predicted molar refractivity (Wildman–Crippen MR) is 79.3 cm³/mol. The Bertz CT molecular complexity index is 506. The zero-order chi connectivity index (χ0) is 13.2. The number of hydrogen-bond donors (Lipinski definition) is 1. The number of thiazole rings is 1. The third-order valence-corrected chi connectivity index (χ3v) is 3.80. The number of hydrogen-bond acceptors (Lipinski definition) is 3. The maximum absolute atomic E-state index is 4.25. The number of nitrogens with zero attached hydrogens (tertiary/aromatic N) is 1. The topological polar surface area (TPSA) is 24.9 Å². The molecular formula is C15H20N2S. The second-order valence-electron chi connectivity index (χ2n) is 5.53. The Balaban J connectivity index is 1.98. The van der Waals surface area contributed by atoms with Crippen LogP contribution in [-0.2, 0) is 12.0 Å². The quantitative estimate of drug-likeness (QED) is 0.887. The van der Waals surface area contributed by atoms with Crippen molar-refractivity contribution in [1.29, 1.82) is 0 Å². The highest BCUT2D eigenvalue weighted by atomic mass is 32.1. The molecule has 1 heterocycles. The summed E-state index contributed by atoms with van der Waals surface area (Å²) < 4.78 is 0. The lowest BCUT2D eigenvalue weighted by Gasteiger charge is -2.19. The van der Waals surface area contributed by atoms with Gasteiger partial charge in [0.15, 0.2) is 0 Å². The first kappa shape index (κ1) is 13.1. The minimum atomic E-state index is 0.216. The highest BCUT2D eigenvalue weighted by Gasteiger charge is 2.12. The van der Waals surface area contributed by atoms with Crippen LogP contribution >= 0.6 is 11.3 Å². The Kier molecular flexibility index (Phi) is 3.71. The zero-order valence-electron chi connectivity index (χ0n) is 11.4. The molecule has 2 rings (SSSR count). The monoisotopic (exact) mass is 260 g/mol. The Morgan fingerprint density at radius 3 is 2.33 bits per heavy atom. The summed E-state index contributed by atoms with van der Waals surface area (Å²) in [7, 11) is 0. The van der Waals surface area contributed by atoms with Gasteiger partial charge >= 0.3 is 0 Å². The van der Waals surface area contributed by atoms with Crippen molar-refractivity contribution in [3.05, 3.63) is 45.9 Å². The van der Waals surface area contributed by atoms with Gasteiger partial charge in [0.05, 0.1) is 11.6 Å². The Labute approximate surface area is 113 Å². The first-order chi connectivity index (χ1) is 8.45. The minimum Gasteiger partial charge on any atom is -0.380 e.